The second-order valence-corrected chi connectivity index (χ2v) is 15.9. The average Bonchev–Trinajstić information content (AvgIpc) is 3.81. The first-order valence-electron chi connectivity index (χ1n) is 22.4. The number of fused-ring (bicyclic) bond motifs is 6. The average molecular weight is 821 g/mol. The lowest BCUT2D eigenvalue weighted by atomic mass is 9.82. The molecule has 0 saturated heterocycles. The van der Waals surface area contributed by atoms with Crippen LogP contribution >= 0.6 is 0 Å². The van der Waals surface area contributed by atoms with Gasteiger partial charge in [-0.3, -0.25) is 0 Å². The highest BCUT2D eigenvalue weighted by molar-refractivity contribution is 6.13. The van der Waals surface area contributed by atoms with Crippen molar-refractivity contribution in [3.63, 3.8) is 0 Å². The van der Waals surface area contributed by atoms with Crippen LogP contribution < -0.4 is 4.90 Å². The minimum absolute atomic E-state index is 0.0187. The number of hydrogen-bond donors (Lipinski definition) is 0. The molecule has 2 heteroatoms. The Morgan fingerprint density at radius 1 is 0.508 bits per heavy atom. The third-order valence-electron chi connectivity index (χ3n) is 12.0. The maximum atomic E-state index is 3.87. The molecule has 0 atom stereocenters. The Hall–Kier alpha value is -7.16. The number of nitrogens with zero attached hydrogens (tertiary/aromatic N) is 2. The maximum Gasteiger partial charge on any atom is 0.0547 e. The molecule has 0 aliphatic heterocycles. The molecule has 9 aromatic rings. The summed E-state index contributed by atoms with van der Waals surface area (Å²) in [5.74, 6) is 0. The van der Waals surface area contributed by atoms with Gasteiger partial charge in [0.2, 0.25) is 0 Å². The van der Waals surface area contributed by atoms with Gasteiger partial charge in [0, 0.05) is 40.3 Å². The minimum Gasteiger partial charge on any atom is -0.345 e. The Morgan fingerprint density at radius 3 is 1.60 bits per heavy atom. The molecule has 1 aliphatic rings. The van der Waals surface area contributed by atoms with Crippen LogP contribution in [0.4, 0.5) is 11.4 Å². The molecule has 2 nitrogen and oxygen atoms in total. The number of para-hydroxylation sites is 1. The first-order chi connectivity index (χ1) is 30.8. The predicted molar refractivity (Wildman–Crippen MR) is 277 cm³/mol. The van der Waals surface area contributed by atoms with Crippen molar-refractivity contribution in [3.8, 4) is 39.1 Å². The Morgan fingerprint density at radius 2 is 1.02 bits per heavy atom. The lowest BCUT2D eigenvalue weighted by Gasteiger charge is -2.22. The summed E-state index contributed by atoms with van der Waals surface area (Å²) in [6, 6.07) is 67.4. The molecule has 314 valence electrons. The van der Waals surface area contributed by atoms with Gasteiger partial charge in [-0.2, -0.15) is 0 Å². The molecule has 63 heavy (non-hydrogen) atoms. The molecule has 0 saturated carbocycles. The van der Waals surface area contributed by atoms with Crippen molar-refractivity contribution >= 4 is 39.3 Å². The first kappa shape index (κ1) is 43.9. The highest BCUT2D eigenvalue weighted by atomic mass is 15.1. The highest BCUT2D eigenvalue weighted by Crippen LogP contribution is 2.49. The molecule has 8 aromatic carbocycles. The molecule has 0 N–H and O–H groups in total. The summed E-state index contributed by atoms with van der Waals surface area (Å²) in [4.78, 5) is 2.21. The zero-order valence-electron chi connectivity index (χ0n) is 38.2. The van der Waals surface area contributed by atoms with E-state index in [0.717, 1.165) is 0 Å². The van der Waals surface area contributed by atoms with Crippen LogP contribution in [-0.2, 0) is 5.41 Å². The van der Waals surface area contributed by atoms with Gasteiger partial charge >= 0.3 is 0 Å². The summed E-state index contributed by atoms with van der Waals surface area (Å²) in [5, 5.41) is 2.58. The van der Waals surface area contributed by atoms with Crippen LogP contribution in [0.3, 0.4) is 0 Å². The Labute approximate surface area is 376 Å². The van der Waals surface area contributed by atoms with E-state index < -0.39 is 0 Å². The Bertz CT molecular complexity index is 2880. The lowest BCUT2D eigenvalue weighted by molar-refractivity contribution is 0.660. The van der Waals surface area contributed by atoms with Crippen molar-refractivity contribution in [2.45, 2.75) is 53.9 Å². The molecule has 0 unspecified atom stereocenters. The van der Waals surface area contributed by atoms with Crippen LogP contribution in [0, 0.1) is 6.92 Å². The number of allylic oxidation sites excluding steroid dienone is 2. The van der Waals surface area contributed by atoms with Crippen LogP contribution in [0.25, 0.3) is 66.9 Å². The van der Waals surface area contributed by atoms with Gasteiger partial charge in [-0.1, -0.05) is 206 Å². The zero-order valence-corrected chi connectivity index (χ0v) is 38.2. The molecule has 1 heterocycles. The fourth-order valence-electron chi connectivity index (χ4n) is 8.85. The third kappa shape index (κ3) is 8.68. The smallest absolute Gasteiger partial charge is 0.0547 e. The second kappa shape index (κ2) is 19.7. The number of aromatic nitrogens is 1. The second-order valence-electron chi connectivity index (χ2n) is 15.9. The number of rotatable bonds is 7. The van der Waals surface area contributed by atoms with Gasteiger partial charge in [-0.05, 0) is 111 Å². The molecule has 0 bridgehead atoms. The molecular weight excluding hydrogens is 761 g/mol. The number of anilines is 2. The maximum absolute atomic E-state index is 3.87. The summed E-state index contributed by atoms with van der Waals surface area (Å²) >= 11 is 0. The monoisotopic (exact) mass is 820 g/mol. The van der Waals surface area contributed by atoms with E-state index in [1.807, 2.05) is 52.0 Å². The summed E-state index contributed by atoms with van der Waals surface area (Å²) in [5.41, 5.74) is 19.0. The van der Waals surface area contributed by atoms with E-state index in [0.29, 0.717) is 0 Å². The van der Waals surface area contributed by atoms with E-state index in [1.54, 1.807) is 0 Å². The molecular formula is C61H60N2. The Kier molecular flexibility index (Phi) is 13.7. The predicted octanol–water partition coefficient (Wildman–Crippen LogP) is 17.4. The molecule has 0 spiro atoms. The lowest BCUT2D eigenvalue weighted by Crippen LogP contribution is -2.15. The van der Waals surface area contributed by atoms with Gasteiger partial charge in [0.15, 0.2) is 0 Å². The summed E-state index contributed by atoms with van der Waals surface area (Å²) in [6.07, 6.45) is 6.06. The van der Waals surface area contributed by atoms with Crippen molar-refractivity contribution < 1.29 is 0 Å². The molecule has 1 aliphatic carbocycles. The zero-order chi connectivity index (χ0) is 44.5. The van der Waals surface area contributed by atoms with Crippen molar-refractivity contribution in [2.75, 3.05) is 11.9 Å². The van der Waals surface area contributed by atoms with Gasteiger partial charge in [-0.15, -0.1) is 0 Å². The van der Waals surface area contributed by atoms with E-state index in [-0.39, 0.29) is 5.41 Å². The first-order valence-corrected chi connectivity index (χ1v) is 22.4. The number of hydrogen-bond acceptors (Lipinski definition) is 1. The van der Waals surface area contributed by atoms with Crippen molar-refractivity contribution in [1.82, 2.24) is 4.57 Å². The number of benzene rings is 8. The normalized spacial score (nSPS) is 11.9. The van der Waals surface area contributed by atoms with Gasteiger partial charge in [0.1, 0.15) is 0 Å². The summed E-state index contributed by atoms with van der Waals surface area (Å²) in [7, 11) is 2.11. The van der Waals surface area contributed by atoms with E-state index >= 15 is 0 Å². The molecule has 1 aromatic heterocycles. The van der Waals surface area contributed by atoms with Gasteiger partial charge in [0.25, 0.3) is 0 Å². The van der Waals surface area contributed by atoms with Crippen LogP contribution in [0.15, 0.2) is 207 Å². The van der Waals surface area contributed by atoms with Gasteiger partial charge < -0.3 is 9.47 Å². The van der Waals surface area contributed by atoms with E-state index in [1.165, 1.54) is 94.5 Å². The molecule has 0 radical (unpaired) electrons. The van der Waals surface area contributed by atoms with Gasteiger partial charge in [0.05, 0.1) is 11.0 Å². The minimum atomic E-state index is -0.0187. The Balaban J connectivity index is 0.000000180. The SMILES string of the molecule is C=C/C=C\c1c(C)ccc2c1c1ccccc1n2-c1ccc2c(c1)C(C)(C)c1ccccc1-2.CC.CC.CN(c1ccc(-c2ccccc2)cc1)c1ccc(-c2ccccc2)cc1. The van der Waals surface area contributed by atoms with Crippen LogP contribution in [-0.4, -0.2) is 11.6 Å². The van der Waals surface area contributed by atoms with Crippen LogP contribution in [0.2, 0.25) is 0 Å². The van der Waals surface area contributed by atoms with E-state index in [4.69, 9.17) is 0 Å². The van der Waals surface area contributed by atoms with Crippen molar-refractivity contribution in [1.29, 1.82) is 0 Å². The van der Waals surface area contributed by atoms with Gasteiger partial charge in [-0.25, -0.2) is 0 Å². The van der Waals surface area contributed by atoms with Crippen molar-refractivity contribution in [2.24, 2.45) is 0 Å². The van der Waals surface area contributed by atoms with Crippen LogP contribution in [0.1, 0.15) is 63.8 Å². The van der Waals surface area contributed by atoms with E-state index in [9.17, 15) is 0 Å². The topological polar surface area (TPSA) is 8.17 Å². The number of aryl methyl sites for hydroxylation is 1. The van der Waals surface area contributed by atoms with Crippen molar-refractivity contribution in [3.05, 3.63) is 229 Å². The molecule has 10 rings (SSSR count). The fourth-order valence-corrected chi connectivity index (χ4v) is 8.85. The third-order valence-corrected chi connectivity index (χ3v) is 12.0. The summed E-state index contributed by atoms with van der Waals surface area (Å²) in [6.45, 7) is 18.7. The standard InChI is InChI=1S/C32H27N.C25H21N.2C2H6/c1-5-6-11-23-21(2)16-19-30-31(23)26-13-8-10-15-29(26)33(30)22-17-18-25-24-12-7-9-14-27(24)32(3,4)28(25)20-22;1-26(24-16-12-22(13-17-24)20-8-4-2-5-9-20)25-18-14-23(15-19-25)21-10-6-3-7-11-21;2*1-2/h5-20H,1H2,2-4H3;2-19H,1H3;2*1-2H3/b11-6-;;;. The quantitative estimate of drug-likeness (QED) is 0.145. The molecule has 0 fully saturated rings. The fraction of sp³-hybridized carbons (Fsp3) is 0.148. The van der Waals surface area contributed by atoms with E-state index in [2.05, 4.69) is 226 Å². The summed E-state index contributed by atoms with van der Waals surface area (Å²) < 4.78 is 2.43. The van der Waals surface area contributed by atoms with Crippen LogP contribution in [0.5, 0.6) is 0 Å². The largest absolute Gasteiger partial charge is 0.345 e. The highest BCUT2D eigenvalue weighted by Gasteiger charge is 2.35. The molecule has 0 amide bonds.